The van der Waals surface area contributed by atoms with Crippen LogP contribution in [0.15, 0.2) is 11.8 Å². The molecule has 2 unspecified atom stereocenters. The SMILES string of the molecule is CC(C)O[P+](=O)OCC(Cl)CCl.CC(O)=CC(=O)O. The van der Waals surface area contributed by atoms with E-state index in [0.29, 0.717) is 0 Å². The summed E-state index contributed by atoms with van der Waals surface area (Å²) in [4.78, 5) is 9.57. The van der Waals surface area contributed by atoms with Crippen LogP contribution in [-0.4, -0.2) is 40.2 Å². The van der Waals surface area contributed by atoms with Crippen LogP contribution in [0.4, 0.5) is 0 Å². The highest BCUT2D eigenvalue weighted by Crippen LogP contribution is 2.26. The van der Waals surface area contributed by atoms with Crippen molar-refractivity contribution in [3.63, 3.8) is 0 Å². The Kier molecular flexibility index (Phi) is 13.9. The summed E-state index contributed by atoms with van der Waals surface area (Å²) >= 11 is 11.0. The summed E-state index contributed by atoms with van der Waals surface area (Å²) in [6, 6.07) is 0. The highest BCUT2D eigenvalue weighted by Gasteiger charge is 2.23. The molecule has 0 bridgehead atoms. The molecule has 19 heavy (non-hydrogen) atoms. The lowest BCUT2D eigenvalue weighted by Gasteiger charge is -1.98. The van der Waals surface area contributed by atoms with E-state index in [1.165, 1.54) is 6.92 Å². The fraction of sp³-hybridized carbons (Fsp3) is 0.700. The van der Waals surface area contributed by atoms with Crippen LogP contribution in [0.3, 0.4) is 0 Å². The molecule has 0 fully saturated rings. The van der Waals surface area contributed by atoms with Crippen molar-refractivity contribution in [2.24, 2.45) is 0 Å². The molecular formula is C10H18Cl2O6P+. The third-order valence-corrected chi connectivity index (χ3v) is 2.92. The van der Waals surface area contributed by atoms with Crippen molar-refractivity contribution < 1.29 is 28.6 Å². The minimum Gasteiger partial charge on any atom is -0.512 e. The van der Waals surface area contributed by atoms with E-state index in [1.807, 2.05) is 0 Å². The maximum absolute atomic E-state index is 10.9. The van der Waals surface area contributed by atoms with Crippen molar-refractivity contribution in [1.82, 2.24) is 0 Å². The first kappa shape index (κ1) is 20.9. The molecule has 6 nitrogen and oxygen atoms in total. The lowest BCUT2D eigenvalue weighted by Crippen LogP contribution is -2.08. The van der Waals surface area contributed by atoms with Crippen LogP contribution in [0, 0.1) is 0 Å². The maximum Gasteiger partial charge on any atom is 0.697 e. The minimum atomic E-state index is -2.05. The van der Waals surface area contributed by atoms with Crippen molar-refractivity contribution in [3.8, 4) is 0 Å². The first-order valence-electron chi connectivity index (χ1n) is 5.26. The molecule has 0 amide bonds. The van der Waals surface area contributed by atoms with Crippen LogP contribution in [0.2, 0.25) is 0 Å². The zero-order valence-corrected chi connectivity index (χ0v) is 13.3. The fourth-order valence-electron chi connectivity index (χ4n) is 0.568. The molecular weight excluding hydrogens is 318 g/mol. The number of carboxylic acid groups (broad SMARTS) is 1. The van der Waals surface area contributed by atoms with Gasteiger partial charge in [0.25, 0.3) is 0 Å². The van der Waals surface area contributed by atoms with Crippen molar-refractivity contribution in [2.75, 3.05) is 12.5 Å². The maximum atomic E-state index is 10.9. The van der Waals surface area contributed by atoms with Gasteiger partial charge in [-0.2, -0.15) is 0 Å². The lowest BCUT2D eigenvalue weighted by molar-refractivity contribution is -0.131. The molecule has 0 saturated carbocycles. The Morgan fingerprint density at radius 2 is 1.95 bits per heavy atom. The van der Waals surface area contributed by atoms with Crippen molar-refractivity contribution in [2.45, 2.75) is 32.3 Å². The first-order valence-corrected chi connectivity index (χ1v) is 7.32. The summed E-state index contributed by atoms with van der Waals surface area (Å²) in [5.74, 6) is -1.04. The minimum absolute atomic E-state index is 0.113. The molecule has 0 aromatic heterocycles. The average Bonchev–Trinajstić information content (AvgIpc) is 2.23. The van der Waals surface area contributed by atoms with E-state index in [2.05, 4.69) is 0 Å². The van der Waals surface area contributed by atoms with Crippen LogP contribution in [0.5, 0.6) is 0 Å². The standard InChI is InChI=1S/C6H12Cl2O3P.C4H6O3/c1-5(2)11-12(9)10-4-6(8)3-7;1-3(5)2-4(6)7/h5-6H,3-4H2,1-2H3;2,5H,1H3,(H,6,7)/q+1;. The zero-order chi connectivity index (χ0) is 15.4. The monoisotopic (exact) mass is 335 g/mol. The van der Waals surface area contributed by atoms with Crippen LogP contribution >= 0.6 is 31.5 Å². The van der Waals surface area contributed by atoms with Crippen molar-refractivity contribution in [1.29, 1.82) is 0 Å². The van der Waals surface area contributed by atoms with Gasteiger partial charge in [0.05, 0.1) is 17.2 Å². The Balaban J connectivity index is 0. The van der Waals surface area contributed by atoms with Crippen molar-refractivity contribution >= 4 is 37.4 Å². The molecule has 9 heteroatoms. The van der Waals surface area contributed by atoms with Crippen LogP contribution in [0.25, 0.3) is 0 Å². The van der Waals surface area contributed by atoms with Crippen LogP contribution in [-0.2, 0) is 18.4 Å². The van der Waals surface area contributed by atoms with Gasteiger partial charge in [-0.1, -0.05) is 0 Å². The van der Waals surface area contributed by atoms with Gasteiger partial charge in [-0.25, -0.2) is 4.79 Å². The second-order valence-corrected chi connectivity index (χ2v) is 5.39. The molecule has 0 spiro atoms. The summed E-state index contributed by atoms with van der Waals surface area (Å²) < 4.78 is 20.5. The number of aliphatic hydroxyl groups excluding tert-OH is 1. The molecule has 0 aliphatic heterocycles. The van der Waals surface area contributed by atoms with Gasteiger partial charge >= 0.3 is 14.2 Å². The summed E-state index contributed by atoms with van der Waals surface area (Å²) in [6.45, 7) is 4.99. The number of aliphatic hydroxyl groups is 1. The predicted octanol–water partition coefficient (Wildman–Crippen LogP) is 3.46. The van der Waals surface area contributed by atoms with E-state index in [4.69, 9.17) is 42.5 Å². The Morgan fingerprint density at radius 3 is 2.21 bits per heavy atom. The van der Waals surface area contributed by atoms with Gasteiger partial charge in [0, 0.05) is 10.4 Å². The quantitative estimate of drug-likeness (QED) is 0.320. The van der Waals surface area contributed by atoms with Gasteiger partial charge in [-0.3, -0.25) is 0 Å². The van der Waals surface area contributed by atoms with E-state index in [9.17, 15) is 9.36 Å². The smallest absolute Gasteiger partial charge is 0.512 e. The number of aliphatic carboxylic acids is 1. The third kappa shape index (κ3) is 20.1. The lowest BCUT2D eigenvalue weighted by atomic mass is 10.5. The number of alkyl halides is 2. The number of carbonyl (C=O) groups is 1. The molecule has 0 aromatic carbocycles. The van der Waals surface area contributed by atoms with Gasteiger partial charge in [0.15, 0.2) is 0 Å². The van der Waals surface area contributed by atoms with Gasteiger partial charge in [0.1, 0.15) is 12.7 Å². The highest BCUT2D eigenvalue weighted by molar-refractivity contribution is 7.33. The topological polar surface area (TPSA) is 93.1 Å². The largest absolute Gasteiger partial charge is 0.697 e. The fourth-order valence-corrected chi connectivity index (χ4v) is 1.51. The normalized spacial score (nSPS) is 13.6. The second-order valence-electron chi connectivity index (χ2n) is 3.55. The van der Waals surface area contributed by atoms with E-state index < -0.39 is 14.2 Å². The number of rotatable bonds is 7. The molecule has 0 heterocycles. The van der Waals surface area contributed by atoms with Gasteiger partial charge in [0.2, 0.25) is 0 Å². The molecule has 0 aliphatic carbocycles. The molecule has 2 atom stereocenters. The number of halogens is 2. The average molecular weight is 336 g/mol. The molecule has 0 rings (SSSR count). The third-order valence-electron chi connectivity index (χ3n) is 1.16. The van der Waals surface area contributed by atoms with E-state index in [0.717, 1.165) is 6.08 Å². The summed E-state index contributed by atoms with van der Waals surface area (Å²) in [5, 5.41) is 15.7. The highest BCUT2D eigenvalue weighted by atomic mass is 35.5. The molecule has 0 saturated heterocycles. The Labute approximate surface area is 123 Å². The Morgan fingerprint density at radius 1 is 1.42 bits per heavy atom. The number of carboxylic acids is 1. The molecule has 0 aliphatic rings. The van der Waals surface area contributed by atoms with Gasteiger partial charge in [-0.05, 0) is 20.8 Å². The Bertz CT molecular complexity index is 304. The Hall–Kier alpha value is -0.390. The van der Waals surface area contributed by atoms with E-state index in [-0.39, 0.29) is 29.7 Å². The summed E-state index contributed by atoms with van der Waals surface area (Å²) in [7, 11) is -2.05. The van der Waals surface area contributed by atoms with Crippen LogP contribution in [0.1, 0.15) is 20.8 Å². The van der Waals surface area contributed by atoms with Gasteiger partial charge < -0.3 is 10.2 Å². The zero-order valence-electron chi connectivity index (χ0n) is 10.9. The molecule has 112 valence electrons. The number of hydrogen-bond donors (Lipinski definition) is 2. The van der Waals surface area contributed by atoms with E-state index >= 15 is 0 Å². The summed E-state index contributed by atoms with van der Waals surface area (Å²) in [5.41, 5.74) is 0. The van der Waals surface area contributed by atoms with Crippen LogP contribution < -0.4 is 0 Å². The molecule has 0 radical (unpaired) electrons. The number of hydrogen-bond acceptors (Lipinski definition) is 5. The molecule has 2 N–H and O–H groups in total. The van der Waals surface area contributed by atoms with Crippen molar-refractivity contribution in [3.05, 3.63) is 11.8 Å². The van der Waals surface area contributed by atoms with E-state index in [1.54, 1.807) is 13.8 Å². The molecule has 0 aromatic rings. The van der Waals surface area contributed by atoms with Gasteiger partial charge in [-0.15, -0.1) is 32.2 Å². The predicted molar refractivity (Wildman–Crippen MR) is 74.2 cm³/mol. The number of allylic oxidation sites excluding steroid dienone is 1. The first-order chi connectivity index (χ1) is 8.68. The second kappa shape index (κ2) is 12.6. The summed E-state index contributed by atoms with van der Waals surface area (Å²) in [6.07, 6.45) is 0.610.